The standard InChI is InChI=1S/C13H20N2O4/c1-2-3-7-13(15-14,12(18)19)8-9-5-4-6-10(16)11(9)17/h4-6,15-17H,2-3,7-8,14H2,1H3,(H,18,19). The molecule has 0 heterocycles. The van der Waals surface area contributed by atoms with Crippen molar-refractivity contribution in [3.05, 3.63) is 23.8 Å². The average Bonchev–Trinajstić information content (AvgIpc) is 2.39. The van der Waals surface area contributed by atoms with Gasteiger partial charge in [0.25, 0.3) is 0 Å². The van der Waals surface area contributed by atoms with Gasteiger partial charge in [-0.25, -0.2) is 5.43 Å². The molecule has 0 fully saturated rings. The molecule has 0 aromatic heterocycles. The number of hydrogen-bond donors (Lipinski definition) is 5. The number of carbonyl (C=O) groups is 1. The van der Waals surface area contributed by atoms with E-state index >= 15 is 0 Å². The summed E-state index contributed by atoms with van der Waals surface area (Å²) in [5.41, 5.74) is 1.35. The highest BCUT2D eigenvalue weighted by Crippen LogP contribution is 2.32. The number of hydrazine groups is 1. The van der Waals surface area contributed by atoms with Gasteiger partial charge in [-0.2, -0.15) is 0 Å². The molecular formula is C13H20N2O4. The summed E-state index contributed by atoms with van der Waals surface area (Å²) in [6.07, 6.45) is 1.86. The number of aliphatic carboxylic acids is 1. The first kappa shape index (κ1) is 15.3. The van der Waals surface area contributed by atoms with Gasteiger partial charge < -0.3 is 15.3 Å². The molecule has 6 heteroatoms. The van der Waals surface area contributed by atoms with Crippen LogP contribution in [0.25, 0.3) is 0 Å². The number of nitrogens with two attached hydrogens (primary N) is 1. The summed E-state index contributed by atoms with van der Waals surface area (Å²) in [5.74, 6) is 3.75. The third-order valence-electron chi connectivity index (χ3n) is 3.23. The highest BCUT2D eigenvalue weighted by atomic mass is 16.4. The molecule has 0 bridgehead atoms. The van der Waals surface area contributed by atoms with Gasteiger partial charge in [-0.1, -0.05) is 31.9 Å². The number of para-hydroxylation sites is 1. The van der Waals surface area contributed by atoms with Crippen molar-refractivity contribution >= 4 is 5.97 Å². The van der Waals surface area contributed by atoms with Crippen LogP contribution in [-0.4, -0.2) is 26.8 Å². The first-order chi connectivity index (χ1) is 8.96. The molecule has 1 aromatic rings. The first-order valence-electron chi connectivity index (χ1n) is 6.18. The van der Waals surface area contributed by atoms with Crippen LogP contribution in [0.3, 0.4) is 0 Å². The second-order valence-electron chi connectivity index (χ2n) is 4.60. The molecule has 6 N–H and O–H groups in total. The molecular weight excluding hydrogens is 248 g/mol. The number of carboxylic acids is 1. The zero-order valence-electron chi connectivity index (χ0n) is 10.9. The Morgan fingerprint density at radius 1 is 1.42 bits per heavy atom. The number of hydrogen-bond acceptors (Lipinski definition) is 5. The van der Waals surface area contributed by atoms with E-state index in [0.29, 0.717) is 18.4 Å². The van der Waals surface area contributed by atoms with Gasteiger partial charge in [0.2, 0.25) is 0 Å². The Morgan fingerprint density at radius 3 is 2.63 bits per heavy atom. The SMILES string of the molecule is CCCCC(Cc1cccc(O)c1O)(NN)C(=O)O. The highest BCUT2D eigenvalue weighted by Gasteiger charge is 2.37. The van der Waals surface area contributed by atoms with E-state index < -0.39 is 11.5 Å². The Morgan fingerprint density at radius 2 is 2.11 bits per heavy atom. The second kappa shape index (κ2) is 6.40. The van der Waals surface area contributed by atoms with Crippen molar-refractivity contribution in [2.75, 3.05) is 0 Å². The van der Waals surface area contributed by atoms with Gasteiger partial charge >= 0.3 is 5.97 Å². The molecule has 106 valence electrons. The minimum atomic E-state index is -1.35. The first-order valence-corrected chi connectivity index (χ1v) is 6.18. The van der Waals surface area contributed by atoms with E-state index in [1.807, 2.05) is 6.92 Å². The van der Waals surface area contributed by atoms with Crippen LogP contribution in [0, 0.1) is 0 Å². The molecule has 0 saturated heterocycles. The number of carboxylic acid groups (broad SMARTS) is 1. The summed E-state index contributed by atoms with van der Waals surface area (Å²) in [5, 5.41) is 28.6. The third kappa shape index (κ3) is 3.36. The van der Waals surface area contributed by atoms with Crippen molar-refractivity contribution < 1.29 is 20.1 Å². The van der Waals surface area contributed by atoms with Crippen LogP contribution in [0.15, 0.2) is 18.2 Å². The van der Waals surface area contributed by atoms with Crippen LogP contribution in [0.1, 0.15) is 31.7 Å². The summed E-state index contributed by atoms with van der Waals surface area (Å²) >= 11 is 0. The molecule has 0 amide bonds. The monoisotopic (exact) mass is 268 g/mol. The number of unbranched alkanes of at least 4 members (excludes halogenated alkanes) is 1. The van der Waals surface area contributed by atoms with Gasteiger partial charge in [0.1, 0.15) is 5.54 Å². The summed E-state index contributed by atoms with van der Waals surface area (Å²) < 4.78 is 0. The molecule has 1 unspecified atom stereocenters. The van der Waals surface area contributed by atoms with E-state index in [1.165, 1.54) is 6.07 Å². The van der Waals surface area contributed by atoms with Crippen LogP contribution in [0.4, 0.5) is 0 Å². The molecule has 1 rings (SSSR count). The van der Waals surface area contributed by atoms with Crippen LogP contribution in [-0.2, 0) is 11.2 Å². The summed E-state index contributed by atoms with van der Waals surface area (Å²) in [6.45, 7) is 1.95. The van der Waals surface area contributed by atoms with Crippen molar-refractivity contribution in [1.29, 1.82) is 0 Å². The highest BCUT2D eigenvalue weighted by molar-refractivity contribution is 5.79. The van der Waals surface area contributed by atoms with Crippen molar-refractivity contribution in [2.24, 2.45) is 5.84 Å². The summed E-state index contributed by atoms with van der Waals surface area (Å²) in [4.78, 5) is 11.5. The topological polar surface area (TPSA) is 116 Å². The van der Waals surface area contributed by atoms with Gasteiger partial charge in [0, 0.05) is 12.0 Å². The predicted molar refractivity (Wildman–Crippen MR) is 70.7 cm³/mol. The van der Waals surface area contributed by atoms with E-state index in [2.05, 4.69) is 5.43 Å². The lowest BCUT2D eigenvalue weighted by molar-refractivity contribution is -0.145. The summed E-state index contributed by atoms with van der Waals surface area (Å²) in [7, 11) is 0. The number of benzene rings is 1. The van der Waals surface area contributed by atoms with Gasteiger partial charge in [0.15, 0.2) is 11.5 Å². The third-order valence-corrected chi connectivity index (χ3v) is 3.23. The van der Waals surface area contributed by atoms with E-state index in [9.17, 15) is 20.1 Å². The Bertz CT molecular complexity index is 450. The van der Waals surface area contributed by atoms with Crippen molar-refractivity contribution in [2.45, 2.75) is 38.1 Å². The molecule has 0 aliphatic heterocycles. The van der Waals surface area contributed by atoms with Crippen molar-refractivity contribution in [3.63, 3.8) is 0 Å². The van der Waals surface area contributed by atoms with Crippen LogP contribution in [0.2, 0.25) is 0 Å². The largest absolute Gasteiger partial charge is 0.504 e. The van der Waals surface area contributed by atoms with Crippen molar-refractivity contribution in [1.82, 2.24) is 5.43 Å². The smallest absolute Gasteiger partial charge is 0.325 e. The molecule has 1 atom stereocenters. The lowest BCUT2D eigenvalue weighted by atomic mass is 9.86. The Balaban J connectivity index is 3.06. The molecule has 19 heavy (non-hydrogen) atoms. The fraction of sp³-hybridized carbons (Fsp3) is 0.462. The van der Waals surface area contributed by atoms with Gasteiger partial charge in [-0.05, 0) is 12.5 Å². The molecule has 0 saturated carbocycles. The second-order valence-corrected chi connectivity index (χ2v) is 4.60. The lowest BCUT2D eigenvalue weighted by Crippen LogP contribution is -2.57. The number of nitrogens with one attached hydrogen (secondary N) is 1. The molecule has 0 aliphatic rings. The van der Waals surface area contributed by atoms with Gasteiger partial charge in [-0.15, -0.1) is 0 Å². The molecule has 1 aromatic carbocycles. The zero-order valence-corrected chi connectivity index (χ0v) is 10.9. The minimum absolute atomic E-state index is 0.000926. The molecule has 0 spiro atoms. The Labute approximate surface area is 111 Å². The number of aromatic hydroxyl groups is 2. The number of rotatable bonds is 7. The Kier molecular flexibility index (Phi) is 5.14. The van der Waals surface area contributed by atoms with Crippen LogP contribution < -0.4 is 11.3 Å². The molecule has 0 radical (unpaired) electrons. The van der Waals surface area contributed by atoms with E-state index in [4.69, 9.17) is 5.84 Å². The maximum absolute atomic E-state index is 11.5. The van der Waals surface area contributed by atoms with Crippen LogP contribution >= 0.6 is 0 Å². The molecule has 0 aliphatic carbocycles. The number of phenolic OH excluding ortho intramolecular Hbond substituents is 2. The van der Waals surface area contributed by atoms with Crippen molar-refractivity contribution in [3.8, 4) is 11.5 Å². The number of phenols is 2. The van der Waals surface area contributed by atoms with Crippen LogP contribution in [0.5, 0.6) is 11.5 Å². The van der Waals surface area contributed by atoms with E-state index in [0.717, 1.165) is 6.42 Å². The van der Waals surface area contributed by atoms with E-state index in [1.54, 1.807) is 12.1 Å². The fourth-order valence-electron chi connectivity index (χ4n) is 1.98. The Hall–Kier alpha value is -1.79. The lowest BCUT2D eigenvalue weighted by Gasteiger charge is -2.29. The zero-order chi connectivity index (χ0) is 14.5. The predicted octanol–water partition coefficient (Wildman–Crippen LogP) is 1.12. The maximum atomic E-state index is 11.5. The average molecular weight is 268 g/mol. The van der Waals surface area contributed by atoms with E-state index in [-0.39, 0.29) is 17.9 Å². The van der Waals surface area contributed by atoms with Gasteiger partial charge in [-0.3, -0.25) is 10.6 Å². The fourth-order valence-corrected chi connectivity index (χ4v) is 1.98. The normalized spacial score (nSPS) is 14.0. The quantitative estimate of drug-likeness (QED) is 0.287. The molecule has 6 nitrogen and oxygen atoms in total. The minimum Gasteiger partial charge on any atom is -0.504 e. The summed E-state index contributed by atoms with van der Waals surface area (Å²) in [6, 6.07) is 4.45. The maximum Gasteiger partial charge on any atom is 0.325 e. The van der Waals surface area contributed by atoms with Gasteiger partial charge in [0.05, 0.1) is 0 Å².